The number of phosphoric ester groups is 1. The van der Waals surface area contributed by atoms with Gasteiger partial charge in [0.15, 0.2) is 6.17 Å². The Morgan fingerprint density at radius 3 is 2.29 bits per heavy atom. The molecule has 0 spiro atoms. The molecular weight excluding hydrogens is 262 g/mol. The molecule has 0 bridgehead atoms. The van der Waals surface area contributed by atoms with E-state index in [0.717, 1.165) is 0 Å². The number of aliphatic hydroxyl groups excluding tert-OH is 2. The van der Waals surface area contributed by atoms with E-state index in [4.69, 9.17) is 14.9 Å². The Morgan fingerprint density at radius 2 is 1.88 bits per heavy atom. The summed E-state index contributed by atoms with van der Waals surface area (Å²) < 4.78 is 27.8. The average molecular weight is 272 g/mol. The molecule has 0 heterocycles. The summed E-state index contributed by atoms with van der Waals surface area (Å²) in [6.45, 7) is 0. The van der Waals surface area contributed by atoms with Crippen LogP contribution >= 0.6 is 7.82 Å². The van der Waals surface area contributed by atoms with Gasteiger partial charge in [-0.1, -0.05) is 0 Å². The Balaban J connectivity index is 3.04. The Bertz CT molecular complexity index is 389. The number of carboxylic acid groups (broad SMARTS) is 1. The lowest BCUT2D eigenvalue weighted by Crippen LogP contribution is -2.48. The van der Waals surface area contributed by atoms with Gasteiger partial charge in [0.1, 0.15) is 18.3 Å². The lowest BCUT2D eigenvalue weighted by Gasteiger charge is -2.31. The van der Waals surface area contributed by atoms with Gasteiger partial charge >= 0.3 is 13.8 Å². The zero-order valence-electron chi connectivity index (χ0n) is 8.17. The number of hydrogen-bond acceptors (Lipinski definition) is 5. The van der Waals surface area contributed by atoms with Crippen LogP contribution in [0.4, 0.5) is 4.39 Å². The van der Waals surface area contributed by atoms with Crippen molar-refractivity contribution < 1.29 is 43.4 Å². The van der Waals surface area contributed by atoms with Gasteiger partial charge < -0.3 is 25.1 Å². The molecule has 0 saturated heterocycles. The Morgan fingerprint density at radius 1 is 1.35 bits per heavy atom. The van der Waals surface area contributed by atoms with Crippen molar-refractivity contribution in [2.24, 2.45) is 0 Å². The highest BCUT2D eigenvalue weighted by Gasteiger charge is 2.43. The first-order valence-corrected chi connectivity index (χ1v) is 5.85. The largest absolute Gasteiger partial charge is 0.478 e. The minimum atomic E-state index is -5.01. The number of rotatable bonds is 3. The lowest BCUT2D eigenvalue weighted by molar-refractivity contribution is -0.136. The second-order valence-corrected chi connectivity index (χ2v) is 4.56. The van der Waals surface area contributed by atoms with Crippen LogP contribution in [0.5, 0.6) is 0 Å². The van der Waals surface area contributed by atoms with Gasteiger partial charge in [-0.2, -0.15) is 0 Å². The van der Waals surface area contributed by atoms with Crippen LogP contribution in [-0.2, 0) is 13.9 Å². The molecule has 1 aliphatic rings. The quantitative estimate of drug-likeness (QED) is 0.392. The Labute approximate surface area is 94.2 Å². The molecule has 0 aromatic rings. The summed E-state index contributed by atoms with van der Waals surface area (Å²) in [6, 6.07) is 0. The second kappa shape index (κ2) is 4.81. The fraction of sp³-hybridized carbons (Fsp3) is 0.571. The summed E-state index contributed by atoms with van der Waals surface area (Å²) in [5, 5.41) is 27.0. The van der Waals surface area contributed by atoms with E-state index in [1.165, 1.54) is 0 Å². The summed E-state index contributed by atoms with van der Waals surface area (Å²) in [5.74, 6) is -1.72. The van der Waals surface area contributed by atoms with Crippen molar-refractivity contribution in [3.05, 3.63) is 11.6 Å². The molecule has 4 unspecified atom stereocenters. The number of aliphatic carboxylic acids is 1. The maximum absolute atomic E-state index is 13.2. The monoisotopic (exact) mass is 272 g/mol. The molecule has 4 atom stereocenters. The molecule has 10 heteroatoms. The van der Waals surface area contributed by atoms with Gasteiger partial charge in [0.05, 0.1) is 5.57 Å². The maximum atomic E-state index is 13.2. The normalized spacial score (nSPS) is 34.3. The minimum Gasteiger partial charge on any atom is -0.478 e. The van der Waals surface area contributed by atoms with Gasteiger partial charge in [-0.3, -0.25) is 4.52 Å². The van der Waals surface area contributed by atoms with Crippen molar-refractivity contribution in [1.29, 1.82) is 0 Å². The van der Waals surface area contributed by atoms with Gasteiger partial charge in [0.25, 0.3) is 0 Å². The molecule has 1 aliphatic carbocycles. The van der Waals surface area contributed by atoms with Gasteiger partial charge in [-0.15, -0.1) is 0 Å². The van der Waals surface area contributed by atoms with Crippen molar-refractivity contribution in [1.82, 2.24) is 0 Å². The van der Waals surface area contributed by atoms with Crippen molar-refractivity contribution >= 4 is 13.8 Å². The SMILES string of the molecule is O=C(O)C1=CC(OP(=O)(O)O)C(O)C(O)C1F. The van der Waals surface area contributed by atoms with Crippen LogP contribution in [0.25, 0.3) is 0 Å². The molecule has 0 aromatic heterocycles. The van der Waals surface area contributed by atoms with Crippen LogP contribution in [-0.4, -0.2) is 55.6 Å². The van der Waals surface area contributed by atoms with E-state index < -0.39 is 43.8 Å². The molecule has 0 radical (unpaired) electrons. The van der Waals surface area contributed by atoms with Crippen LogP contribution in [0.3, 0.4) is 0 Å². The van der Waals surface area contributed by atoms with Gasteiger partial charge in [0.2, 0.25) is 0 Å². The van der Waals surface area contributed by atoms with E-state index in [2.05, 4.69) is 4.52 Å². The van der Waals surface area contributed by atoms with E-state index in [1.807, 2.05) is 0 Å². The van der Waals surface area contributed by atoms with Gasteiger partial charge in [0, 0.05) is 0 Å². The molecule has 0 aliphatic heterocycles. The van der Waals surface area contributed by atoms with E-state index >= 15 is 0 Å². The number of halogens is 1. The lowest BCUT2D eigenvalue weighted by atomic mass is 9.90. The zero-order chi connectivity index (χ0) is 13.4. The summed E-state index contributed by atoms with van der Waals surface area (Å²) >= 11 is 0. The van der Waals surface area contributed by atoms with E-state index in [0.29, 0.717) is 6.08 Å². The Kier molecular flexibility index (Phi) is 4.03. The third-order valence-corrected chi connectivity index (χ3v) is 2.65. The first kappa shape index (κ1) is 14.2. The third-order valence-electron chi connectivity index (χ3n) is 2.13. The zero-order valence-corrected chi connectivity index (χ0v) is 9.07. The predicted octanol–water partition coefficient (Wildman–Crippen LogP) is -1.45. The molecule has 5 N–H and O–H groups in total. The molecule has 0 aromatic carbocycles. The number of carbonyl (C=O) groups is 1. The first-order chi connectivity index (χ1) is 7.63. The van der Waals surface area contributed by atoms with E-state index in [-0.39, 0.29) is 0 Å². The fourth-order valence-electron chi connectivity index (χ4n) is 1.36. The first-order valence-electron chi connectivity index (χ1n) is 4.32. The van der Waals surface area contributed by atoms with Crippen LogP contribution < -0.4 is 0 Å². The predicted molar refractivity (Wildman–Crippen MR) is 49.5 cm³/mol. The molecule has 17 heavy (non-hydrogen) atoms. The van der Waals surface area contributed by atoms with Crippen molar-refractivity contribution in [2.45, 2.75) is 24.5 Å². The molecule has 0 amide bonds. The highest BCUT2D eigenvalue weighted by molar-refractivity contribution is 7.46. The van der Waals surface area contributed by atoms with Crippen molar-refractivity contribution in [2.75, 3.05) is 0 Å². The summed E-state index contributed by atoms with van der Waals surface area (Å²) in [6.07, 6.45) is -7.75. The van der Waals surface area contributed by atoms with Crippen LogP contribution in [0, 0.1) is 0 Å². The fourth-order valence-corrected chi connectivity index (χ4v) is 1.86. The van der Waals surface area contributed by atoms with Crippen LogP contribution in [0.2, 0.25) is 0 Å². The smallest absolute Gasteiger partial charge is 0.470 e. The van der Waals surface area contributed by atoms with Crippen LogP contribution in [0.15, 0.2) is 11.6 Å². The standard InChI is InChI=1S/C7H10FO8P/c8-4-2(7(11)12)1-3(5(9)6(4)10)16-17(13,14)15/h1,3-6,9-10H,(H,11,12)(H2,13,14,15). The molecular formula is C7H10FO8P. The summed E-state index contributed by atoms with van der Waals surface area (Å²) in [5.41, 5.74) is -0.929. The number of phosphoric acid groups is 1. The highest BCUT2D eigenvalue weighted by atomic mass is 31.2. The number of hydrogen-bond donors (Lipinski definition) is 5. The number of aliphatic hydroxyl groups is 2. The second-order valence-electron chi connectivity index (χ2n) is 3.37. The number of alkyl halides is 1. The molecule has 98 valence electrons. The van der Waals surface area contributed by atoms with Crippen LogP contribution in [0.1, 0.15) is 0 Å². The third kappa shape index (κ3) is 3.32. The maximum Gasteiger partial charge on any atom is 0.470 e. The number of carboxylic acids is 1. The molecule has 0 saturated carbocycles. The van der Waals surface area contributed by atoms with Gasteiger partial charge in [-0.25, -0.2) is 13.8 Å². The van der Waals surface area contributed by atoms with Gasteiger partial charge in [-0.05, 0) is 6.08 Å². The minimum absolute atomic E-state index is 0.517. The van der Waals surface area contributed by atoms with E-state index in [1.54, 1.807) is 0 Å². The van der Waals surface area contributed by atoms with Crippen molar-refractivity contribution in [3.63, 3.8) is 0 Å². The summed E-state index contributed by atoms with van der Waals surface area (Å²) in [4.78, 5) is 27.6. The van der Waals surface area contributed by atoms with E-state index in [9.17, 15) is 24.0 Å². The molecule has 0 fully saturated rings. The average Bonchev–Trinajstić information content (AvgIpc) is 2.16. The molecule has 8 nitrogen and oxygen atoms in total. The topological polar surface area (TPSA) is 145 Å². The summed E-state index contributed by atoms with van der Waals surface area (Å²) in [7, 11) is -5.01. The van der Waals surface area contributed by atoms with Crippen molar-refractivity contribution in [3.8, 4) is 0 Å². The highest BCUT2D eigenvalue weighted by Crippen LogP contribution is 2.40. The Hall–Kier alpha value is -0.830. The molecule has 1 rings (SSSR count).